The average Bonchev–Trinajstić information content (AvgIpc) is 2.62. The molecular formula is C18H23BrCl2N4O. The zero-order valence-corrected chi connectivity index (χ0v) is 17.7. The highest BCUT2D eigenvalue weighted by Crippen LogP contribution is 2.19. The fraction of sp³-hybridized carbons (Fsp3) is 0.333. The lowest BCUT2D eigenvalue weighted by atomic mass is 10.0. The van der Waals surface area contributed by atoms with Crippen LogP contribution in [0.2, 0.25) is 0 Å². The molecule has 0 radical (unpaired) electrons. The number of hydrogen-bond donors (Lipinski definition) is 1. The lowest BCUT2D eigenvalue weighted by Crippen LogP contribution is -2.51. The lowest BCUT2D eigenvalue weighted by molar-refractivity contribution is -0.133. The van der Waals surface area contributed by atoms with Gasteiger partial charge in [-0.15, -0.1) is 24.8 Å². The van der Waals surface area contributed by atoms with Gasteiger partial charge < -0.3 is 15.5 Å². The number of pyridine rings is 1. The number of carbonyl (C=O) groups is 1. The van der Waals surface area contributed by atoms with E-state index in [4.69, 9.17) is 5.73 Å². The van der Waals surface area contributed by atoms with Gasteiger partial charge in [-0.1, -0.05) is 29.8 Å². The summed E-state index contributed by atoms with van der Waals surface area (Å²) >= 11 is 3.39. The summed E-state index contributed by atoms with van der Waals surface area (Å²) in [6, 6.07) is 11.2. The van der Waals surface area contributed by atoms with Gasteiger partial charge in [-0.3, -0.25) is 4.79 Å². The molecule has 1 aliphatic rings. The Bertz CT molecular complexity index is 704. The maximum absolute atomic E-state index is 12.6. The molecule has 0 saturated carbocycles. The summed E-state index contributed by atoms with van der Waals surface area (Å²) in [5.74, 6) is 0.926. The Morgan fingerprint density at radius 3 is 2.23 bits per heavy atom. The Balaban J connectivity index is 0.00000169. The molecule has 1 fully saturated rings. The van der Waals surface area contributed by atoms with Gasteiger partial charge >= 0.3 is 0 Å². The van der Waals surface area contributed by atoms with Crippen molar-refractivity contribution in [2.45, 2.75) is 13.0 Å². The largest absolute Gasteiger partial charge is 0.353 e. The lowest BCUT2D eigenvalue weighted by Gasteiger charge is -2.36. The highest BCUT2D eigenvalue weighted by molar-refractivity contribution is 9.10. The van der Waals surface area contributed by atoms with Crippen LogP contribution in [0.3, 0.4) is 0 Å². The number of halogens is 3. The second-order valence-electron chi connectivity index (χ2n) is 6.04. The minimum atomic E-state index is -0.594. The molecule has 5 nitrogen and oxygen atoms in total. The van der Waals surface area contributed by atoms with E-state index in [9.17, 15) is 4.79 Å². The van der Waals surface area contributed by atoms with Crippen molar-refractivity contribution in [3.8, 4) is 0 Å². The highest BCUT2D eigenvalue weighted by atomic mass is 79.9. The van der Waals surface area contributed by atoms with E-state index >= 15 is 0 Å². The number of amides is 1. The minimum Gasteiger partial charge on any atom is -0.353 e. The number of aromatic nitrogens is 1. The van der Waals surface area contributed by atoms with Crippen molar-refractivity contribution >= 4 is 52.5 Å². The molecule has 2 N–H and O–H groups in total. The van der Waals surface area contributed by atoms with Gasteiger partial charge in [0, 0.05) is 36.8 Å². The fourth-order valence-electron chi connectivity index (χ4n) is 2.82. The van der Waals surface area contributed by atoms with Crippen LogP contribution in [-0.2, 0) is 4.79 Å². The van der Waals surface area contributed by atoms with Crippen LogP contribution < -0.4 is 10.6 Å². The Hall–Kier alpha value is -1.34. The first-order chi connectivity index (χ1) is 11.5. The van der Waals surface area contributed by atoms with Crippen LogP contribution in [0.5, 0.6) is 0 Å². The quantitative estimate of drug-likeness (QED) is 0.761. The van der Waals surface area contributed by atoms with Crippen LogP contribution >= 0.6 is 40.7 Å². The molecule has 8 heteroatoms. The summed E-state index contributed by atoms with van der Waals surface area (Å²) in [6.45, 7) is 4.88. The average molecular weight is 462 g/mol. The fourth-order valence-corrected chi connectivity index (χ4v) is 3.06. The third kappa shape index (κ3) is 5.33. The molecule has 1 unspecified atom stereocenters. The molecule has 26 heavy (non-hydrogen) atoms. The number of benzene rings is 1. The molecule has 2 aromatic rings. The van der Waals surface area contributed by atoms with Gasteiger partial charge in [-0.25, -0.2) is 4.98 Å². The van der Waals surface area contributed by atoms with Crippen LogP contribution in [0, 0.1) is 6.92 Å². The van der Waals surface area contributed by atoms with Crippen molar-refractivity contribution < 1.29 is 4.79 Å². The first kappa shape index (κ1) is 22.7. The van der Waals surface area contributed by atoms with Crippen LogP contribution in [-0.4, -0.2) is 42.0 Å². The topological polar surface area (TPSA) is 62.5 Å². The zero-order chi connectivity index (χ0) is 17.1. The molecule has 0 aliphatic carbocycles. The van der Waals surface area contributed by atoms with Crippen molar-refractivity contribution in [1.29, 1.82) is 0 Å². The number of nitrogens with two attached hydrogens (primary N) is 1. The SMILES string of the molecule is Cc1ccc(C(N)C(=O)N2CCN(c3ccc(Br)cn3)CC2)cc1.Cl.Cl. The summed E-state index contributed by atoms with van der Waals surface area (Å²) in [5, 5.41) is 0. The smallest absolute Gasteiger partial charge is 0.244 e. The Morgan fingerprint density at radius 1 is 1.08 bits per heavy atom. The summed E-state index contributed by atoms with van der Waals surface area (Å²) in [5.41, 5.74) is 8.18. The van der Waals surface area contributed by atoms with E-state index in [1.165, 1.54) is 0 Å². The third-order valence-corrected chi connectivity index (χ3v) is 4.80. The summed E-state index contributed by atoms with van der Waals surface area (Å²) in [4.78, 5) is 21.1. The van der Waals surface area contributed by atoms with Crippen molar-refractivity contribution in [2.24, 2.45) is 5.73 Å². The van der Waals surface area contributed by atoms with Gasteiger partial charge in [0.15, 0.2) is 0 Å². The van der Waals surface area contributed by atoms with Crippen molar-refractivity contribution in [3.63, 3.8) is 0 Å². The highest BCUT2D eigenvalue weighted by Gasteiger charge is 2.26. The number of piperazine rings is 1. The molecule has 0 spiro atoms. The first-order valence-electron chi connectivity index (χ1n) is 8.02. The monoisotopic (exact) mass is 460 g/mol. The molecule has 3 rings (SSSR count). The Kier molecular flexibility index (Phi) is 8.83. The molecule has 1 aliphatic heterocycles. The van der Waals surface area contributed by atoms with E-state index in [1.807, 2.05) is 48.2 Å². The Morgan fingerprint density at radius 2 is 1.69 bits per heavy atom. The maximum Gasteiger partial charge on any atom is 0.244 e. The van der Waals surface area contributed by atoms with Crippen LogP contribution in [0.1, 0.15) is 17.2 Å². The van der Waals surface area contributed by atoms with Crippen LogP contribution in [0.25, 0.3) is 0 Å². The molecule has 1 aromatic heterocycles. The van der Waals surface area contributed by atoms with Gasteiger partial charge in [0.1, 0.15) is 11.9 Å². The molecule has 2 heterocycles. The minimum absolute atomic E-state index is 0. The van der Waals surface area contributed by atoms with Crippen LogP contribution in [0.4, 0.5) is 5.82 Å². The second-order valence-corrected chi connectivity index (χ2v) is 6.95. The molecule has 1 saturated heterocycles. The number of nitrogens with zero attached hydrogens (tertiary/aromatic N) is 3. The molecule has 1 atom stereocenters. The number of hydrogen-bond acceptors (Lipinski definition) is 4. The first-order valence-corrected chi connectivity index (χ1v) is 8.81. The molecule has 142 valence electrons. The third-order valence-electron chi connectivity index (χ3n) is 4.33. The summed E-state index contributed by atoms with van der Waals surface area (Å²) < 4.78 is 0.962. The standard InChI is InChI=1S/C18H21BrN4O.2ClH/c1-13-2-4-14(5-3-13)17(20)18(24)23-10-8-22(9-11-23)16-7-6-15(19)12-21-16;;/h2-7,12,17H,8-11,20H2,1H3;2*1H. The van der Waals surface area contributed by atoms with Crippen molar-refractivity contribution in [1.82, 2.24) is 9.88 Å². The van der Waals surface area contributed by atoms with Gasteiger partial charge in [-0.05, 0) is 40.5 Å². The van der Waals surface area contributed by atoms with E-state index in [-0.39, 0.29) is 30.7 Å². The van der Waals surface area contributed by atoms with Crippen LogP contribution in [0.15, 0.2) is 47.1 Å². The predicted molar refractivity (Wildman–Crippen MR) is 113 cm³/mol. The number of rotatable bonds is 3. The summed E-state index contributed by atoms with van der Waals surface area (Å²) in [7, 11) is 0. The summed E-state index contributed by atoms with van der Waals surface area (Å²) in [6.07, 6.45) is 1.79. The van der Waals surface area contributed by atoms with Crippen molar-refractivity contribution in [2.75, 3.05) is 31.1 Å². The molecule has 1 aromatic carbocycles. The molecule has 1 amide bonds. The Labute approximate surface area is 174 Å². The van der Waals surface area contributed by atoms with E-state index in [0.717, 1.165) is 34.5 Å². The van der Waals surface area contributed by atoms with E-state index in [1.54, 1.807) is 6.20 Å². The number of anilines is 1. The van der Waals surface area contributed by atoms with Gasteiger partial charge in [-0.2, -0.15) is 0 Å². The van der Waals surface area contributed by atoms with Gasteiger partial charge in [0.25, 0.3) is 0 Å². The number of aryl methyl sites for hydroxylation is 1. The van der Waals surface area contributed by atoms with E-state index in [2.05, 4.69) is 25.8 Å². The van der Waals surface area contributed by atoms with E-state index < -0.39 is 6.04 Å². The number of carbonyl (C=O) groups excluding carboxylic acids is 1. The molecular weight excluding hydrogens is 439 g/mol. The van der Waals surface area contributed by atoms with E-state index in [0.29, 0.717) is 13.1 Å². The van der Waals surface area contributed by atoms with Crippen molar-refractivity contribution in [3.05, 3.63) is 58.2 Å². The predicted octanol–water partition coefficient (Wildman–Crippen LogP) is 3.34. The maximum atomic E-state index is 12.6. The zero-order valence-electron chi connectivity index (χ0n) is 14.5. The normalized spacial score (nSPS) is 14.9. The van der Waals surface area contributed by atoms with Gasteiger partial charge in [0.2, 0.25) is 5.91 Å². The second kappa shape index (κ2) is 10.1. The van der Waals surface area contributed by atoms with Gasteiger partial charge in [0.05, 0.1) is 0 Å². The molecule has 0 bridgehead atoms.